The van der Waals surface area contributed by atoms with Gasteiger partial charge in [0.1, 0.15) is 19.0 Å². The first kappa shape index (κ1) is 11.9. The first-order valence-corrected chi connectivity index (χ1v) is 7.44. The minimum Gasteiger partial charge on any atom is -0.486 e. The Morgan fingerprint density at radius 1 is 0.955 bits per heavy atom. The lowest BCUT2D eigenvalue weighted by Gasteiger charge is -2.18. The monoisotopic (exact) mass is 290 g/mol. The van der Waals surface area contributed by atoms with Crippen LogP contribution in [0.3, 0.4) is 0 Å². The van der Waals surface area contributed by atoms with Crippen molar-refractivity contribution in [1.82, 2.24) is 9.55 Å². The molecule has 22 heavy (non-hydrogen) atoms. The van der Waals surface area contributed by atoms with Crippen molar-refractivity contribution >= 4 is 0 Å². The van der Waals surface area contributed by atoms with Gasteiger partial charge < -0.3 is 14.0 Å². The van der Waals surface area contributed by atoms with Gasteiger partial charge in [0, 0.05) is 23.9 Å². The van der Waals surface area contributed by atoms with Gasteiger partial charge in [0.05, 0.1) is 5.69 Å². The Bertz CT molecular complexity index is 883. The third kappa shape index (κ3) is 1.67. The fourth-order valence-corrected chi connectivity index (χ4v) is 3.15. The molecule has 0 saturated carbocycles. The zero-order valence-corrected chi connectivity index (χ0v) is 12.0. The number of benzene rings is 2. The highest BCUT2D eigenvalue weighted by molar-refractivity contribution is 5.71. The Hall–Kier alpha value is -2.75. The molecule has 2 aliphatic rings. The number of nitrogens with zero attached hydrogens (tertiary/aromatic N) is 2. The van der Waals surface area contributed by atoms with Gasteiger partial charge in [-0.3, -0.25) is 0 Å². The predicted octanol–water partition coefficient (Wildman–Crippen LogP) is 3.35. The molecule has 2 aliphatic heterocycles. The van der Waals surface area contributed by atoms with Gasteiger partial charge in [-0.05, 0) is 23.8 Å². The smallest absolute Gasteiger partial charge is 0.162 e. The van der Waals surface area contributed by atoms with Gasteiger partial charge in [-0.1, -0.05) is 24.3 Å². The van der Waals surface area contributed by atoms with Crippen LogP contribution in [0.25, 0.3) is 22.6 Å². The van der Waals surface area contributed by atoms with Crippen LogP contribution in [-0.2, 0) is 6.54 Å². The first-order valence-electron chi connectivity index (χ1n) is 7.44. The highest BCUT2D eigenvalue weighted by Gasteiger charge is 2.21. The molecule has 3 aromatic rings. The van der Waals surface area contributed by atoms with Gasteiger partial charge in [-0.2, -0.15) is 0 Å². The lowest BCUT2D eigenvalue weighted by atomic mass is 10.1. The quantitative estimate of drug-likeness (QED) is 0.539. The molecule has 0 atom stereocenters. The molecule has 4 nitrogen and oxygen atoms in total. The molecular formula is C18H14N2O2. The summed E-state index contributed by atoms with van der Waals surface area (Å²) in [5.74, 6) is 2.66. The number of imidazole rings is 1. The second-order valence-electron chi connectivity index (χ2n) is 5.59. The van der Waals surface area contributed by atoms with Crippen LogP contribution in [0.1, 0.15) is 5.56 Å². The van der Waals surface area contributed by atoms with E-state index in [1.165, 1.54) is 11.1 Å². The maximum atomic E-state index is 5.66. The second kappa shape index (κ2) is 4.37. The van der Waals surface area contributed by atoms with Crippen LogP contribution >= 0.6 is 0 Å². The molecule has 0 unspecified atom stereocenters. The van der Waals surface area contributed by atoms with Crippen LogP contribution in [0.4, 0.5) is 0 Å². The van der Waals surface area contributed by atoms with Crippen molar-refractivity contribution in [3.63, 3.8) is 0 Å². The summed E-state index contributed by atoms with van der Waals surface area (Å²) >= 11 is 0. The summed E-state index contributed by atoms with van der Waals surface area (Å²) in [6.07, 6.45) is 2.11. The highest BCUT2D eigenvalue weighted by Crippen LogP contribution is 2.37. The largest absolute Gasteiger partial charge is 0.486 e. The molecule has 4 heteroatoms. The summed E-state index contributed by atoms with van der Waals surface area (Å²) in [6.45, 7) is 2.11. The molecule has 0 radical (unpaired) electrons. The Morgan fingerprint density at radius 3 is 2.77 bits per heavy atom. The Morgan fingerprint density at radius 2 is 1.82 bits per heavy atom. The number of aromatic nitrogens is 2. The summed E-state index contributed by atoms with van der Waals surface area (Å²) in [7, 11) is 0. The molecule has 0 amide bonds. The van der Waals surface area contributed by atoms with Crippen LogP contribution in [-0.4, -0.2) is 22.8 Å². The van der Waals surface area contributed by atoms with Crippen molar-refractivity contribution in [3.8, 4) is 34.1 Å². The summed E-state index contributed by atoms with van der Waals surface area (Å²) < 4.78 is 13.4. The third-order valence-corrected chi connectivity index (χ3v) is 4.21. The van der Waals surface area contributed by atoms with Crippen molar-refractivity contribution in [1.29, 1.82) is 0 Å². The van der Waals surface area contributed by atoms with Gasteiger partial charge in [0.15, 0.2) is 11.5 Å². The minimum absolute atomic E-state index is 0.601. The standard InChI is InChI=1S/C18H14N2O2/c1-2-4-14-13(3-1)10-20-11-15(19-18(14)20)12-5-6-16-17(9-12)22-8-7-21-16/h1-6,9,11H,7-8,10H2. The van der Waals surface area contributed by atoms with E-state index in [0.29, 0.717) is 13.2 Å². The Labute approximate surface area is 127 Å². The van der Waals surface area contributed by atoms with E-state index in [9.17, 15) is 0 Å². The van der Waals surface area contributed by atoms with Crippen molar-refractivity contribution in [3.05, 3.63) is 54.2 Å². The van der Waals surface area contributed by atoms with E-state index in [0.717, 1.165) is 35.1 Å². The van der Waals surface area contributed by atoms with E-state index in [4.69, 9.17) is 14.5 Å². The Balaban J connectivity index is 1.59. The normalized spacial score (nSPS) is 14.5. The number of ether oxygens (including phenoxy) is 2. The average Bonchev–Trinajstić information content (AvgIpc) is 3.12. The van der Waals surface area contributed by atoms with E-state index in [2.05, 4.69) is 35.0 Å². The molecule has 0 fully saturated rings. The molecule has 2 aromatic carbocycles. The zero-order valence-electron chi connectivity index (χ0n) is 12.0. The minimum atomic E-state index is 0.601. The fraction of sp³-hybridized carbons (Fsp3) is 0.167. The Kier molecular flexibility index (Phi) is 2.36. The number of fused-ring (bicyclic) bond motifs is 4. The topological polar surface area (TPSA) is 36.3 Å². The molecule has 108 valence electrons. The molecule has 5 rings (SSSR count). The summed E-state index contributed by atoms with van der Waals surface area (Å²) in [5, 5.41) is 0. The maximum Gasteiger partial charge on any atom is 0.162 e. The van der Waals surface area contributed by atoms with Gasteiger partial charge in [0.2, 0.25) is 0 Å². The predicted molar refractivity (Wildman–Crippen MR) is 83.2 cm³/mol. The van der Waals surface area contributed by atoms with E-state index in [1.807, 2.05) is 18.2 Å². The van der Waals surface area contributed by atoms with E-state index < -0.39 is 0 Å². The van der Waals surface area contributed by atoms with Gasteiger partial charge in [-0.25, -0.2) is 4.98 Å². The molecular weight excluding hydrogens is 276 g/mol. The third-order valence-electron chi connectivity index (χ3n) is 4.21. The number of hydrogen-bond donors (Lipinski definition) is 0. The number of rotatable bonds is 1. The van der Waals surface area contributed by atoms with Crippen molar-refractivity contribution in [2.24, 2.45) is 0 Å². The summed E-state index contributed by atoms with van der Waals surface area (Å²) in [5.41, 5.74) is 4.59. The molecule has 0 bridgehead atoms. The molecule has 1 aromatic heterocycles. The highest BCUT2D eigenvalue weighted by atomic mass is 16.6. The van der Waals surface area contributed by atoms with Crippen molar-refractivity contribution in [2.75, 3.05) is 13.2 Å². The molecule has 3 heterocycles. The van der Waals surface area contributed by atoms with E-state index in [-0.39, 0.29) is 0 Å². The second-order valence-corrected chi connectivity index (χ2v) is 5.59. The lowest BCUT2D eigenvalue weighted by molar-refractivity contribution is 0.171. The van der Waals surface area contributed by atoms with Crippen molar-refractivity contribution < 1.29 is 9.47 Å². The summed E-state index contributed by atoms with van der Waals surface area (Å²) in [4.78, 5) is 4.82. The first-order chi connectivity index (χ1) is 10.9. The van der Waals surface area contributed by atoms with Gasteiger partial charge in [-0.15, -0.1) is 0 Å². The van der Waals surface area contributed by atoms with E-state index >= 15 is 0 Å². The zero-order chi connectivity index (χ0) is 14.5. The molecule has 0 N–H and O–H groups in total. The van der Waals surface area contributed by atoms with Crippen LogP contribution in [0.5, 0.6) is 11.5 Å². The summed E-state index contributed by atoms with van der Waals surface area (Å²) in [6, 6.07) is 14.4. The number of hydrogen-bond acceptors (Lipinski definition) is 3. The molecule has 0 saturated heterocycles. The average molecular weight is 290 g/mol. The van der Waals surface area contributed by atoms with Gasteiger partial charge in [0.25, 0.3) is 0 Å². The molecule has 0 spiro atoms. The van der Waals surface area contributed by atoms with Crippen LogP contribution in [0, 0.1) is 0 Å². The van der Waals surface area contributed by atoms with E-state index in [1.54, 1.807) is 0 Å². The van der Waals surface area contributed by atoms with Crippen LogP contribution in [0.15, 0.2) is 48.7 Å². The van der Waals surface area contributed by atoms with Crippen LogP contribution in [0.2, 0.25) is 0 Å². The molecule has 0 aliphatic carbocycles. The lowest BCUT2D eigenvalue weighted by Crippen LogP contribution is -2.15. The van der Waals surface area contributed by atoms with Gasteiger partial charge >= 0.3 is 0 Å². The fourth-order valence-electron chi connectivity index (χ4n) is 3.15. The van der Waals surface area contributed by atoms with Crippen LogP contribution < -0.4 is 9.47 Å². The SMILES string of the molecule is c1ccc2c(c1)Cn1cc(-c3ccc4c(c3)OCCO4)nc1-2. The van der Waals surface area contributed by atoms with Crippen molar-refractivity contribution in [2.45, 2.75) is 6.54 Å². The maximum absolute atomic E-state index is 5.66.